The highest BCUT2D eigenvalue weighted by atomic mass is 16.2. The van der Waals surface area contributed by atoms with Crippen LogP contribution in [0.25, 0.3) is 0 Å². The Kier molecular flexibility index (Phi) is 7.05. The number of rotatable bonds is 7. The summed E-state index contributed by atoms with van der Waals surface area (Å²) in [5.74, 6) is 0.419. The van der Waals surface area contributed by atoms with Crippen LogP contribution in [0, 0.1) is 17.2 Å². The monoisotopic (exact) mass is 460 g/mol. The van der Waals surface area contributed by atoms with Crippen LogP contribution in [-0.4, -0.2) is 52.7 Å². The molecule has 180 valence electrons. The Hall–Kier alpha value is -3.15. The minimum atomic E-state index is -0.721. The second-order valence-corrected chi connectivity index (χ2v) is 10.4. The molecule has 6 heteroatoms. The number of carbonyl (C=O) groups is 2. The summed E-state index contributed by atoms with van der Waals surface area (Å²) in [6.45, 7) is 7.88. The van der Waals surface area contributed by atoms with E-state index in [1.807, 2.05) is 72.5 Å². The van der Waals surface area contributed by atoms with Crippen LogP contribution >= 0.6 is 0 Å². The fourth-order valence-electron chi connectivity index (χ4n) is 5.53. The van der Waals surface area contributed by atoms with E-state index >= 15 is 0 Å². The highest BCUT2D eigenvalue weighted by Crippen LogP contribution is 2.31. The molecule has 2 aliphatic rings. The van der Waals surface area contributed by atoms with Crippen molar-refractivity contribution in [2.45, 2.75) is 51.5 Å². The predicted molar refractivity (Wildman–Crippen MR) is 134 cm³/mol. The molecule has 2 aliphatic heterocycles. The summed E-state index contributed by atoms with van der Waals surface area (Å²) in [6, 6.07) is 19.9. The first-order valence-corrected chi connectivity index (χ1v) is 12.4. The summed E-state index contributed by atoms with van der Waals surface area (Å²) < 4.78 is 0. The lowest BCUT2D eigenvalue weighted by atomic mass is 9.88. The fourth-order valence-corrected chi connectivity index (χ4v) is 5.53. The van der Waals surface area contributed by atoms with Crippen molar-refractivity contribution in [1.82, 2.24) is 15.1 Å². The van der Waals surface area contributed by atoms with E-state index < -0.39 is 5.54 Å². The van der Waals surface area contributed by atoms with E-state index in [1.54, 1.807) is 4.90 Å². The van der Waals surface area contributed by atoms with Gasteiger partial charge < -0.3 is 10.2 Å². The van der Waals surface area contributed by atoms with E-state index in [1.165, 1.54) is 0 Å². The maximum absolute atomic E-state index is 13.8. The van der Waals surface area contributed by atoms with Crippen LogP contribution in [0.3, 0.4) is 0 Å². The summed E-state index contributed by atoms with van der Waals surface area (Å²) in [4.78, 5) is 30.6. The topological polar surface area (TPSA) is 76.5 Å². The molecule has 2 aromatic rings. The molecule has 1 unspecified atom stereocenters. The smallest absolute Gasteiger partial charge is 0.254 e. The molecule has 2 atom stereocenters. The number of hydrogen-bond donors (Lipinski definition) is 2. The molecule has 2 amide bonds. The second-order valence-electron chi connectivity index (χ2n) is 10.4. The maximum atomic E-state index is 13.8. The number of amides is 2. The van der Waals surface area contributed by atoms with Crippen molar-refractivity contribution >= 4 is 17.8 Å². The van der Waals surface area contributed by atoms with Crippen molar-refractivity contribution < 1.29 is 9.59 Å². The summed E-state index contributed by atoms with van der Waals surface area (Å²) in [5, 5.41) is 11.5. The molecule has 0 radical (unpaired) electrons. The van der Waals surface area contributed by atoms with Gasteiger partial charge in [-0.15, -0.1) is 0 Å². The molecule has 6 nitrogen and oxygen atoms in total. The molecule has 0 spiro atoms. The van der Waals surface area contributed by atoms with Crippen LogP contribution in [-0.2, 0) is 9.59 Å². The highest BCUT2D eigenvalue weighted by molar-refractivity contribution is 6.07. The third-order valence-electron chi connectivity index (χ3n) is 6.98. The standard InChI is InChI=1S/C28H36N4O2/c1-20(2)17-28(3)26(34)32(27(29)30-28)19-21-11-10-16-31(18-21)25(33)24(22-12-6-4-7-13-22)23-14-8-5-9-15-23/h4-9,12-15,20-21,24H,10-11,16-19H2,1-3H3,(H2,29,30)/t21-,28?/m1/s1. The Bertz CT molecular complexity index is 984. The lowest BCUT2D eigenvalue weighted by molar-refractivity contribution is -0.134. The zero-order valence-electron chi connectivity index (χ0n) is 20.5. The molecule has 4 rings (SSSR count). The van der Waals surface area contributed by atoms with Crippen molar-refractivity contribution in [2.24, 2.45) is 11.8 Å². The minimum absolute atomic E-state index is 0.0268. The Balaban J connectivity index is 1.49. The summed E-state index contributed by atoms with van der Waals surface area (Å²) in [5.41, 5.74) is 1.26. The van der Waals surface area contributed by atoms with Crippen LogP contribution in [0.5, 0.6) is 0 Å². The molecular formula is C28H36N4O2. The zero-order chi connectivity index (χ0) is 24.3. The average molecular weight is 461 g/mol. The number of guanidine groups is 1. The van der Waals surface area contributed by atoms with Gasteiger partial charge in [0.25, 0.3) is 5.91 Å². The van der Waals surface area contributed by atoms with Gasteiger partial charge in [0.2, 0.25) is 5.91 Å². The van der Waals surface area contributed by atoms with Crippen LogP contribution in [0.4, 0.5) is 0 Å². The number of carbonyl (C=O) groups excluding carboxylic acids is 2. The first kappa shape index (κ1) is 24.0. The van der Waals surface area contributed by atoms with Crippen molar-refractivity contribution in [3.8, 4) is 0 Å². The van der Waals surface area contributed by atoms with Crippen molar-refractivity contribution in [2.75, 3.05) is 19.6 Å². The highest BCUT2D eigenvalue weighted by Gasteiger charge is 2.46. The molecule has 0 aromatic heterocycles. The Morgan fingerprint density at radius 2 is 1.68 bits per heavy atom. The van der Waals surface area contributed by atoms with Crippen LogP contribution in [0.2, 0.25) is 0 Å². The number of likely N-dealkylation sites (tertiary alicyclic amines) is 1. The largest absolute Gasteiger partial charge is 0.342 e. The normalized spacial score (nSPS) is 23.0. The van der Waals surface area contributed by atoms with Gasteiger partial charge >= 0.3 is 0 Å². The summed E-state index contributed by atoms with van der Waals surface area (Å²) >= 11 is 0. The van der Waals surface area contributed by atoms with Gasteiger partial charge in [-0.2, -0.15) is 0 Å². The lowest BCUT2D eigenvalue weighted by Gasteiger charge is -2.36. The zero-order valence-corrected chi connectivity index (χ0v) is 20.5. The number of hydrogen-bond acceptors (Lipinski definition) is 3. The molecule has 2 aromatic carbocycles. The van der Waals surface area contributed by atoms with Crippen LogP contribution < -0.4 is 5.32 Å². The molecule has 34 heavy (non-hydrogen) atoms. The van der Waals surface area contributed by atoms with E-state index in [4.69, 9.17) is 5.41 Å². The van der Waals surface area contributed by atoms with Gasteiger partial charge in [0.05, 0.1) is 5.92 Å². The Morgan fingerprint density at radius 1 is 1.09 bits per heavy atom. The molecule has 0 saturated carbocycles. The van der Waals surface area contributed by atoms with Gasteiger partial charge in [-0.1, -0.05) is 74.5 Å². The Labute approximate surface area is 202 Å². The van der Waals surface area contributed by atoms with Gasteiger partial charge in [-0.25, -0.2) is 0 Å². The van der Waals surface area contributed by atoms with Gasteiger partial charge in [0.1, 0.15) is 5.54 Å². The summed E-state index contributed by atoms with van der Waals surface area (Å²) in [6.07, 6.45) is 2.54. The number of piperidine rings is 1. The number of nitrogens with zero attached hydrogens (tertiary/aromatic N) is 2. The maximum Gasteiger partial charge on any atom is 0.254 e. The van der Waals surface area contributed by atoms with Crippen LogP contribution in [0.15, 0.2) is 60.7 Å². The van der Waals surface area contributed by atoms with E-state index in [2.05, 4.69) is 19.2 Å². The average Bonchev–Trinajstić information content (AvgIpc) is 3.03. The van der Waals surface area contributed by atoms with E-state index in [0.29, 0.717) is 25.4 Å². The SMILES string of the molecule is CC(C)CC1(C)NC(=N)N(C[C@@H]2CCCN(C(=O)C(c3ccccc3)c3ccccc3)C2)C1=O. The van der Waals surface area contributed by atoms with E-state index in [9.17, 15) is 9.59 Å². The molecule has 2 heterocycles. The van der Waals surface area contributed by atoms with E-state index in [0.717, 1.165) is 30.5 Å². The molecule has 0 bridgehead atoms. The molecule has 2 fully saturated rings. The van der Waals surface area contributed by atoms with Gasteiger partial charge in [-0.3, -0.25) is 19.9 Å². The molecule has 0 aliphatic carbocycles. The van der Waals surface area contributed by atoms with Crippen molar-refractivity contribution in [1.29, 1.82) is 5.41 Å². The third-order valence-corrected chi connectivity index (χ3v) is 6.98. The van der Waals surface area contributed by atoms with Crippen molar-refractivity contribution in [3.05, 3.63) is 71.8 Å². The third kappa shape index (κ3) is 5.01. The summed E-state index contributed by atoms with van der Waals surface area (Å²) in [7, 11) is 0. The van der Waals surface area contributed by atoms with Gasteiger partial charge in [-0.05, 0) is 49.1 Å². The first-order valence-electron chi connectivity index (χ1n) is 12.4. The number of benzene rings is 2. The molecular weight excluding hydrogens is 424 g/mol. The number of nitrogens with one attached hydrogen (secondary N) is 2. The predicted octanol–water partition coefficient (Wildman–Crippen LogP) is 4.23. The lowest BCUT2D eigenvalue weighted by Crippen LogP contribution is -2.47. The van der Waals surface area contributed by atoms with Gasteiger partial charge in [0, 0.05) is 19.6 Å². The second kappa shape index (κ2) is 10.00. The van der Waals surface area contributed by atoms with E-state index in [-0.39, 0.29) is 29.6 Å². The minimum Gasteiger partial charge on any atom is -0.342 e. The fraction of sp³-hybridized carbons (Fsp3) is 0.464. The molecule has 2 N–H and O–H groups in total. The van der Waals surface area contributed by atoms with Crippen molar-refractivity contribution in [3.63, 3.8) is 0 Å². The Morgan fingerprint density at radius 3 is 2.24 bits per heavy atom. The molecule has 2 saturated heterocycles. The van der Waals surface area contributed by atoms with Crippen LogP contribution in [0.1, 0.15) is 57.1 Å². The quantitative estimate of drug-likeness (QED) is 0.649. The van der Waals surface area contributed by atoms with Gasteiger partial charge in [0.15, 0.2) is 5.96 Å². The first-order chi connectivity index (χ1) is 16.3.